The van der Waals surface area contributed by atoms with Crippen LogP contribution in [0, 0.1) is 0 Å². The first-order chi connectivity index (χ1) is 12.2. The van der Waals surface area contributed by atoms with Crippen molar-refractivity contribution in [1.29, 1.82) is 0 Å². The zero-order chi connectivity index (χ0) is 17.6. The lowest BCUT2D eigenvalue weighted by Crippen LogP contribution is -2.52. The molecule has 2 aliphatic rings. The number of nitrogens with zero attached hydrogens (tertiary/aromatic N) is 1. The van der Waals surface area contributed by atoms with Crippen LogP contribution in [0.15, 0.2) is 6.07 Å². The molecule has 7 heteroatoms. The number of rotatable bonds is 6. The number of fused-ring (bicyclic) bond motifs is 1. The van der Waals surface area contributed by atoms with Crippen LogP contribution in [-0.2, 0) is 27.1 Å². The number of thiophene rings is 1. The van der Waals surface area contributed by atoms with E-state index in [0.717, 1.165) is 24.1 Å². The van der Waals surface area contributed by atoms with E-state index in [2.05, 4.69) is 5.32 Å². The lowest BCUT2D eigenvalue weighted by molar-refractivity contribution is -0.139. The van der Waals surface area contributed by atoms with Crippen LogP contribution in [0.25, 0.3) is 0 Å². The summed E-state index contributed by atoms with van der Waals surface area (Å²) in [4.78, 5) is 28.8. The van der Waals surface area contributed by atoms with Crippen molar-refractivity contribution in [3.8, 4) is 0 Å². The summed E-state index contributed by atoms with van der Waals surface area (Å²) < 4.78 is 10.6. The fraction of sp³-hybridized carbons (Fsp3) is 0.667. The van der Waals surface area contributed by atoms with Gasteiger partial charge in [-0.15, -0.1) is 11.3 Å². The van der Waals surface area contributed by atoms with Gasteiger partial charge in [0.2, 0.25) is 5.91 Å². The monoisotopic (exact) mass is 366 g/mol. The van der Waals surface area contributed by atoms with Gasteiger partial charge in [-0.1, -0.05) is 0 Å². The molecule has 6 nitrogen and oxygen atoms in total. The standard InChI is InChI=1S/C18H26N2O4S/c1-23-8-6-14-12-24-9-7-20(14)17(21)11-19-18(22)16-10-13-4-2-3-5-15(13)25-16/h10,14H,2-9,11-12H2,1H3,(H,19,22). The third-order valence-corrected chi connectivity index (χ3v) is 6.06. The Hall–Kier alpha value is -1.44. The number of aryl methyl sites for hydroxylation is 2. The predicted molar refractivity (Wildman–Crippen MR) is 96.1 cm³/mol. The van der Waals surface area contributed by atoms with Crippen LogP contribution in [0.4, 0.5) is 0 Å². The number of ether oxygens (including phenoxy) is 2. The Morgan fingerprint density at radius 3 is 3.04 bits per heavy atom. The quantitative estimate of drug-likeness (QED) is 0.831. The molecular formula is C18H26N2O4S. The van der Waals surface area contributed by atoms with Crippen molar-refractivity contribution in [2.24, 2.45) is 0 Å². The molecule has 0 spiro atoms. The molecule has 1 saturated heterocycles. The van der Waals surface area contributed by atoms with Gasteiger partial charge in [0, 0.05) is 25.1 Å². The summed E-state index contributed by atoms with van der Waals surface area (Å²) >= 11 is 1.57. The normalized spacial score (nSPS) is 20.2. The van der Waals surface area contributed by atoms with Gasteiger partial charge in [-0.25, -0.2) is 0 Å². The van der Waals surface area contributed by atoms with Crippen LogP contribution in [0.5, 0.6) is 0 Å². The number of carbonyl (C=O) groups excluding carboxylic acids is 2. The van der Waals surface area contributed by atoms with Gasteiger partial charge in [0.1, 0.15) is 0 Å². The third-order valence-electron chi connectivity index (χ3n) is 4.82. The lowest BCUT2D eigenvalue weighted by atomic mass is 9.99. The van der Waals surface area contributed by atoms with Crippen LogP contribution >= 0.6 is 11.3 Å². The molecule has 1 atom stereocenters. The fourth-order valence-electron chi connectivity index (χ4n) is 3.42. The molecule has 25 heavy (non-hydrogen) atoms. The number of hydrogen-bond acceptors (Lipinski definition) is 5. The van der Waals surface area contributed by atoms with E-state index in [1.165, 1.54) is 23.3 Å². The maximum atomic E-state index is 12.5. The largest absolute Gasteiger partial charge is 0.385 e. The van der Waals surface area contributed by atoms with Crippen LogP contribution in [0.3, 0.4) is 0 Å². The second-order valence-corrected chi connectivity index (χ2v) is 7.68. The number of carbonyl (C=O) groups is 2. The van der Waals surface area contributed by atoms with Gasteiger partial charge in [-0.3, -0.25) is 9.59 Å². The summed E-state index contributed by atoms with van der Waals surface area (Å²) in [6.07, 6.45) is 5.28. The minimum atomic E-state index is -0.144. The van der Waals surface area contributed by atoms with Crippen molar-refractivity contribution in [1.82, 2.24) is 10.2 Å². The Bertz CT molecular complexity index is 593. The summed E-state index contributed by atoms with van der Waals surface area (Å²) in [6.45, 7) is 2.26. The number of nitrogens with one attached hydrogen (secondary N) is 1. The van der Waals surface area contributed by atoms with E-state index in [1.807, 2.05) is 11.0 Å². The molecule has 1 N–H and O–H groups in total. The van der Waals surface area contributed by atoms with Crippen LogP contribution in [0.1, 0.15) is 39.4 Å². The van der Waals surface area contributed by atoms with E-state index in [0.29, 0.717) is 26.4 Å². The molecule has 0 bridgehead atoms. The van der Waals surface area contributed by atoms with E-state index in [4.69, 9.17) is 9.47 Å². The van der Waals surface area contributed by atoms with Crippen molar-refractivity contribution < 1.29 is 19.1 Å². The molecule has 3 rings (SSSR count). The molecule has 1 aliphatic heterocycles. The molecule has 1 fully saturated rings. The highest BCUT2D eigenvalue weighted by Gasteiger charge is 2.27. The van der Waals surface area contributed by atoms with Gasteiger partial charge in [0.15, 0.2) is 0 Å². The Balaban J connectivity index is 1.53. The first kappa shape index (κ1) is 18.4. The molecule has 0 saturated carbocycles. The Labute approximate surface area is 152 Å². The van der Waals surface area contributed by atoms with Crippen LogP contribution in [0.2, 0.25) is 0 Å². The molecule has 2 amide bonds. The highest BCUT2D eigenvalue weighted by Crippen LogP contribution is 2.29. The van der Waals surface area contributed by atoms with E-state index >= 15 is 0 Å². The molecule has 0 aromatic carbocycles. The average Bonchev–Trinajstić information content (AvgIpc) is 3.08. The maximum Gasteiger partial charge on any atom is 0.261 e. The second-order valence-electron chi connectivity index (χ2n) is 6.55. The van der Waals surface area contributed by atoms with Gasteiger partial charge < -0.3 is 19.7 Å². The fourth-order valence-corrected chi connectivity index (χ4v) is 4.59. The average molecular weight is 366 g/mol. The maximum absolute atomic E-state index is 12.5. The first-order valence-electron chi connectivity index (χ1n) is 8.95. The number of amides is 2. The Morgan fingerprint density at radius 2 is 2.24 bits per heavy atom. The zero-order valence-electron chi connectivity index (χ0n) is 14.7. The Morgan fingerprint density at radius 1 is 1.40 bits per heavy atom. The molecule has 1 aromatic heterocycles. The molecule has 1 unspecified atom stereocenters. The molecular weight excluding hydrogens is 340 g/mol. The van der Waals surface area contributed by atoms with Gasteiger partial charge in [-0.05, 0) is 43.7 Å². The minimum Gasteiger partial charge on any atom is -0.385 e. The summed E-state index contributed by atoms with van der Waals surface area (Å²) in [7, 11) is 1.65. The van der Waals surface area contributed by atoms with Crippen molar-refractivity contribution in [2.45, 2.75) is 38.1 Å². The molecule has 2 heterocycles. The Kier molecular flexibility index (Phi) is 6.45. The van der Waals surface area contributed by atoms with Crippen LogP contribution in [-0.4, -0.2) is 62.8 Å². The second kappa shape index (κ2) is 8.78. The smallest absolute Gasteiger partial charge is 0.261 e. The highest BCUT2D eigenvalue weighted by atomic mass is 32.1. The van der Waals surface area contributed by atoms with E-state index in [9.17, 15) is 9.59 Å². The minimum absolute atomic E-state index is 0.0205. The molecule has 0 radical (unpaired) electrons. The topological polar surface area (TPSA) is 67.9 Å². The summed E-state index contributed by atoms with van der Waals surface area (Å²) in [5.41, 5.74) is 1.31. The SMILES string of the molecule is COCCC1COCCN1C(=O)CNC(=O)c1cc2c(s1)CCCC2. The van der Waals surface area contributed by atoms with Crippen molar-refractivity contribution in [2.75, 3.05) is 40.0 Å². The van der Waals surface area contributed by atoms with E-state index in [-0.39, 0.29) is 24.4 Å². The highest BCUT2D eigenvalue weighted by molar-refractivity contribution is 7.14. The summed E-state index contributed by atoms with van der Waals surface area (Å²) in [6, 6.07) is 2.02. The summed E-state index contributed by atoms with van der Waals surface area (Å²) in [5, 5.41) is 2.79. The van der Waals surface area contributed by atoms with Crippen LogP contribution < -0.4 is 5.32 Å². The van der Waals surface area contributed by atoms with Gasteiger partial charge >= 0.3 is 0 Å². The van der Waals surface area contributed by atoms with Crippen molar-refractivity contribution >= 4 is 23.2 Å². The number of methoxy groups -OCH3 is 1. The van der Waals surface area contributed by atoms with Crippen molar-refractivity contribution in [3.05, 3.63) is 21.4 Å². The van der Waals surface area contributed by atoms with E-state index < -0.39 is 0 Å². The first-order valence-corrected chi connectivity index (χ1v) is 9.76. The van der Waals surface area contributed by atoms with Gasteiger partial charge in [-0.2, -0.15) is 0 Å². The van der Waals surface area contributed by atoms with Gasteiger partial charge in [0.05, 0.1) is 30.7 Å². The van der Waals surface area contributed by atoms with E-state index in [1.54, 1.807) is 18.4 Å². The molecule has 138 valence electrons. The van der Waals surface area contributed by atoms with Gasteiger partial charge in [0.25, 0.3) is 5.91 Å². The predicted octanol–water partition coefficient (Wildman–Crippen LogP) is 1.62. The number of hydrogen-bond donors (Lipinski definition) is 1. The third kappa shape index (κ3) is 4.59. The number of morpholine rings is 1. The lowest BCUT2D eigenvalue weighted by Gasteiger charge is -2.35. The van der Waals surface area contributed by atoms with Crippen molar-refractivity contribution in [3.63, 3.8) is 0 Å². The summed E-state index contributed by atoms with van der Waals surface area (Å²) in [5.74, 6) is -0.200. The zero-order valence-corrected chi connectivity index (χ0v) is 15.5. The molecule has 1 aromatic rings. The molecule has 1 aliphatic carbocycles.